The highest BCUT2D eigenvalue weighted by Crippen LogP contribution is 2.17. The molecule has 0 spiro atoms. The van der Waals surface area contributed by atoms with Gasteiger partial charge in [-0.1, -0.05) is 18.5 Å². The van der Waals surface area contributed by atoms with E-state index in [1.54, 1.807) is 24.3 Å². The van der Waals surface area contributed by atoms with Crippen molar-refractivity contribution in [1.82, 2.24) is 4.90 Å². The van der Waals surface area contributed by atoms with Crippen molar-refractivity contribution in [2.24, 2.45) is 5.92 Å². The van der Waals surface area contributed by atoms with E-state index in [0.29, 0.717) is 36.0 Å². The lowest BCUT2D eigenvalue weighted by atomic mass is 9.96. The molecule has 1 fully saturated rings. The number of aliphatic hydroxyl groups is 1. The summed E-state index contributed by atoms with van der Waals surface area (Å²) in [6, 6.07) is 7.00. The highest BCUT2D eigenvalue weighted by molar-refractivity contribution is 6.30. The number of rotatable bonds is 4. The van der Waals surface area contributed by atoms with Gasteiger partial charge in [0.2, 0.25) is 0 Å². The standard InChI is InChI=1S/C15H20ClNO2/c1-11-6-8-17(10-15(11)19)9-7-14(18)12-2-4-13(16)5-3-12/h2-5,11,15,19H,6-10H2,1H3. The zero-order chi connectivity index (χ0) is 13.8. The topological polar surface area (TPSA) is 40.5 Å². The number of nitrogens with zero attached hydrogens (tertiary/aromatic N) is 1. The maximum absolute atomic E-state index is 12.0. The van der Waals surface area contributed by atoms with E-state index in [4.69, 9.17) is 11.6 Å². The molecule has 1 aliphatic heterocycles. The van der Waals surface area contributed by atoms with Gasteiger partial charge in [0.1, 0.15) is 0 Å². The van der Waals surface area contributed by atoms with Crippen LogP contribution < -0.4 is 0 Å². The Morgan fingerprint density at radius 1 is 1.42 bits per heavy atom. The second-order valence-electron chi connectivity index (χ2n) is 5.31. The highest BCUT2D eigenvalue weighted by Gasteiger charge is 2.24. The molecule has 2 rings (SSSR count). The first-order valence-corrected chi connectivity index (χ1v) is 7.13. The third-order valence-corrected chi connectivity index (χ3v) is 4.08. The van der Waals surface area contributed by atoms with Crippen molar-refractivity contribution in [3.8, 4) is 0 Å². The number of carbonyl (C=O) groups excluding carboxylic acids is 1. The second kappa shape index (κ2) is 6.51. The molecule has 0 aromatic heterocycles. The number of carbonyl (C=O) groups is 1. The normalized spacial score (nSPS) is 24.4. The van der Waals surface area contributed by atoms with Crippen molar-refractivity contribution in [2.45, 2.75) is 25.9 Å². The fraction of sp³-hybridized carbons (Fsp3) is 0.533. The Morgan fingerprint density at radius 3 is 2.74 bits per heavy atom. The van der Waals surface area contributed by atoms with Gasteiger partial charge in [0.15, 0.2) is 5.78 Å². The number of likely N-dealkylation sites (tertiary alicyclic amines) is 1. The van der Waals surface area contributed by atoms with Crippen LogP contribution in [0.2, 0.25) is 5.02 Å². The maximum Gasteiger partial charge on any atom is 0.164 e. The van der Waals surface area contributed by atoms with Crippen LogP contribution in [0.5, 0.6) is 0 Å². The highest BCUT2D eigenvalue weighted by atomic mass is 35.5. The Balaban J connectivity index is 1.82. The average Bonchev–Trinajstić information content (AvgIpc) is 2.40. The summed E-state index contributed by atoms with van der Waals surface area (Å²) in [5.74, 6) is 0.494. The van der Waals surface area contributed by atoms with E-state index in [9.17, 15) is 9.90 Å². The number of halogens is 1. The molecule has 0 bridgehead atoms. The number of benzene rings is 1. The Bertz CT molecular complexity index is 432. The summed E-state index contributed by atoms with van der Waals surface area (Å²) in [5.41, 5.74) is 0.704. The molecule has 1 aromatic rings. The predicted molar refractivity (Wildman–Crippen MR) is 76.6 cm³/mol. The van der Waals surface area contributed by atoms with E-state index in [0.717, 1.165) is 13.0 Å². The van der Waals surface area contributed by atoms with Crippen molar-refractivity contribution < 1.29 is 9.90 Å². The molecule has 1 heterocycles. The number of hydrogen-bond donors (Lipinski definition) is 1. The first-order valence-electron chi connectivity index (χ1n) is 6.75. The van der Waals surface area contributed by atoms with E-state index >= 15 is 0 Å². The third kappa shape index (κ3) is 4.03. The van der Waals surface area contributed by atoms with Gasteiger partial charge in [0.05, 0.1) is 6.10 Å². The van der Waals surface area contributed by atoms with Crippen LogP contribution in [-0.2, 0) is 0 Å². The average molecular weight is 282 g/mol. The van der Waals surface area contributed by atoms with Crippen LogP contribution in [0.3, 0.4) is 0 Å². The molecular weight excluding hydrogens is 262 g/mol. The molecule has 0 amide bonds. The Kier molecular flexibility index (Phi) is 4.97. The molecule has 4 heteroatoms. The molecule has 1 saturated heterocycles. The number of ketones is 1. The van der Waals surface area contributed by atoms with Crippen molar-refractivity contribution in [2.75, 3.05) is 19.6 Å². The smallest absolute Gasteiger partial charge is 0.164 e. The van der Waals surface area contributed by atoms with Crippen LogP contribution in [-0.4, -0.2) is 41.5 Å². The molecule has 0 radical (unpaired) electrons. The zero-order valence-corrected chi connectivity index (χ0v) is 11.9. The van der Waals surface area contributed by atoms with Crippen LogP contribution in [0, 0.1) is 5.92 Å². The van der Waals surface area contributed by atoms with Gasteiger partial charge in [-0.15, -0.1) is 0 Å². The van der Waals surface area contributed by atoms with Crippen molar-refractivity contribution in [3.05, 3.63) is 34.9 Å². The first kappa shape index (κ1) is 14.5. The number of hydrogen-bond acceptors (Lipinski definition) is 3. The monoisotopic (exact) mass is 281 g/mol. The Hall–Kier alpha value is -0.900. The fourth-order valence-corrected chi connectivity index (χ4v) is 2.48. The van der Waals surface area contributed by atoms with Gasteiger partial charge in [-0.25, -0.2) is 0 Å². The van der Waals surface area contributed by atoms with Crippen LogP contribution >= 0.6 is 11.6 Å². The first-order chi connectivity index (χ1) is 9.06. The minimum Gasteiger partial charge on any atom is -0.392 e. The minimum absolute atomic E-state index is 0.129. The number of aliphatic hydroxyl groups excluding tert-OH is 1. The van der Waals surface area contributed by atoms with E-state index in [1.807, 2.05) is 0 Å². The second-order valence-corrected chi connectivity index (χ2v) is 5.75. The van der Waals surface area contributed by atoms with E-state index in [1.165, 1.54) is 0 Å². The van der Waals surface area contributed by atoms with Crippen LogP contribution in [0.1, 0.15) is 30.1 Å². The largest absolute Gasteiger partial charge is 0.392 e. The van der Waals surface area contributed by atoms with E-state index in [-0.39, 0.29) is 11.9 Å². The predicted octanol–water partition coefficient (Wildman–Crippen LogP) is 2.62. The summed E-state index contributed by atoms with van der Waals surface area (Å²) in [7, 11) is 0. The molecule has 3 nitrogen and oxygen atoms in total. The minimum atomic E-state index is -0.264. The van der Waals surface area contributed by atoms with Crippen LogP contribution in [0.4, 0.5) is 0 Å². The van der Waals surface area contributed by atoms with Crippen molar-refractivity contribution in [1.29, 1.82) is 0 Å². The maximum atomic E-state index is 12.0. The molecule has 104 valence electrons. The van der Waals surface area contributed by atoms with Crippen LogP contribution in [0.25, 0.3) is 0 Å². The molecule has 1 N–H and O–H groups in total. The molecular formula is C15H20ClNO2. The SMILES string of the molecule is CC1CCN(CCC(=O)c2ccc(Cl)cc2)CC1O. The summed E-state index contributed by atoms with van der Waals surface area (Å²) < 4.78 is 0. The molecule has 0 aliphatic carbocycles. The van der Waals surface area contributed by atoms with Crippen molar-refractivity contribution in [3.63, 3.8) is 0 Å². The van der Waals surface area contributed by atoms with Crippen LogP contribution in [0.15, 0.2) is 24.3 Å². The van der Waals surface area contributed by atoms with Gasteiger partial charge >= 0.3 is 0 Å². The lowest BCUT2D eigenvalue weighted by Crippen LogP contribution is -2.43. The number of β-amino-alcohol motifs (C(OH)–C–C–N with tert-alkyl or cyclic N) is 1. The molecule has 19 heavy (non-hydrogen) atoms. The van der Waals surface area contributed by atoms with Gasteiger partial charge in [-0.2, -0.15) is 0 Å². The number of piperidine rings is 1. The van der Waals surface area contributed by atoms with Crippen molar-refractivity contribution >= 4 is 17.4 Å². The zero-order valence-electron chi connectivity index (χ0n) is 11.2. The summed E-state index contributed by atoms with van der Waals surface area (Å²) in [4.78, 5) is 14.2. The molecule has 1 aliphatic rings. The summed E-state index contributed by atoms with van der Waals surface area (Å²) >= 11 is 5.80. The van der Waals surface area contributed by atoms with Gasteiger partial charge in [-0.3, -0.25) is 4.79 Å². The summed E-state index contributed by atoms with van der Waals surface area (Å²) in [5, 5.41) is 10.5. The Labute approximate surface area is 119 Å². The molecule has 0 saturated carbocycles. The Morgan fingerprint density at radius 2 is 2.11 bits per heavy atom. The lowest BCUT2D eigenvalue weighted by Gasteiger charge is -2.34. The fourth-order valence-electron chi connectivity index (χ4n) is 2.36. The summed E-state index contributed by atoms with van der Waals surface area (Å²) in [6.45, 7) is 4.42. The van der Waals surface area contributed by atoms with E-state index in [2.05, 4.69) is 11.8 Å². The molecule has 2 atom stereocenters. The lowest BCUT2D eigenvalue weighted by molar-refractivity contribution is 0.0287. The van der Waals surface area contributed by atoms with Gasteiger partial charge in [-0.05, 0) is 43.1 Å². The van der Waals surface area contributed by atoms with Gasteiger partial charge in [0, 0.05) is 30.1 Å². The summed E-state index contributed by atoms with van der Waals surface area (Å²) in [6.07, 6.45) is 1.22. The number of Topliss-reactive ketones (excluding diaryl/α,β-unsaturated/α-hetero) is 1. The molecule has 2 unspecified atom stereocenters. The van der Waals surface area contributed by atoms with E-state index < -0.39 is 0 Å². The van der Waals surface area contributed by atoms with Gasteiger partial charge < -0.3 is 10.0 Å². The van der Waals surface area contributed by atoms with Gasteiger partial charge in [0.25, 0.3) is 0 Å². The quantitative estimate of drug-likeness (QED) is 0.863. The molecule has 1 aromatic carbocycles. The third-order valence-electron chi connectivity index (χ3n) is 3.82.